The maximum Gasteiger partial charge on any atom is 0.221 e. The average molecular weight is 347 g/mol. The fourth-order valence-electron chi connectivity index (χ4n) is 2.86. The predicted molar refractivity (Wildman–Crippen MR) is 93.6 cm³/mol. The van der Waals surface area contributed by atoms with Crippen LogP contribution >= 0.6 is 23.7 Å². The Bertz CT molecular complexity index is 480. The Hall–Kier alpha value is -0.690. The first-order chi connectivity index (χ1) is 10.1. The number of piperidine rings is 1. The normalized spacial score (nSPS) is 18.8. The minimum Gasteiger partial charge on any atom is -0.354 e. The highest BCUT2D eigenvalue weighted by Crippen LogP contribution is 2.24. The van der Waals surface area contributed by atoms with Gasteiger partial charge in [0.15, 0.2) is 0 Å². The van der Waals surface area contributed by atoms with E-state index in [2.05, 4.69) is 29.0 Å². The minimum atomic E-state index is 0. The van der Waals surface area contributed by atoms with Gasteiger partial charge < -0.3 is 11.1 Å². The van der Waals surface area contributed by atoms with Crippen LogP contribution in [-0.2, 0) is 11.3 Å². The van der Waals surface area contributed by atoms with Gasteiger partial charge in [-0.05, 0) is 33.2 Å². The molecule has 5 nitrogen and oxygen atoms in total. The van der Waals surface area contributed by atoms with Crippen LogP contribution in [-0.4, -0.2) is 41.5 Å². The second-order valence-electron chi connectivity index (χ2n) is 5.70. The van der Waals surface area contributed by atoms with Crippen LogP contribution in [0.2, 0.25) is 0 Å². The van der Waals surface area contributed by atoms with Gasteiger partial charge in [0.05, 0.1) is 10.7 Å². The first-order valence-corrected chi connectivity index (χ1v) is 8.55. The van der Waals surface area contributed by atoms with Crippen LogP contribution in [0.5, 0.6) is 0 Å². The molecule has 2 rings (SSSR count). The van der Waals surface area contributed by atoms with Crippen molar-refractivity contribution in [2.75, 3.05) is 19.6 Å². The number of hydrogen-bond donors (Lipinski definition) is 2. The van der Waals surface area contributed by atoms with E-state index in [0.29, 0.717) is 19.0 Å². The third-order valence-electron chi connectivity index (χ3n) is 4.00. The number of nitrogens with zero attached hydrogens (tertiary/aromatic N) is 2. The molecule has 1 fully saturated rings. The van der Waals surface area contributed by atoms with E-state index in [1.54, 1.807) is 11.3 Å². The van der Waals surface area contributed by atoms with E-state index in [4.69, 9.17) is 5.73 Å². The molecule has 1 aromatic heterocycles. The van der Waals surface area contributed by atoms with Gasteiger partial charge in [0.25, 0.3) is 0 Å². The summed E-state index contributed by atoms with van der Waals surface area (Å²) in [6.45, 7) is 7.35. The van der Waals surface area contributed by atoms with E-state index in [1.165, 1.54) is 17.7 Å². The summed E-state index contributed by atoms with van der Waals surface area (Å²) in [5.74, 6) is 0.0628. The van der Waals surface area contributed by atoms with Crippen molar-refractivity contribution in [3.8, 4) is 0 Å². The number of thiazole rings is 1. The van der Waals surface area contributed by atoms with E-state index in [0.717, 1.165) is 36.8 Å². The van der Waals surface area contributed by atoms with Gasteiger partial charge in [-0.25, -0.2) is 4.98 Å². The summed E-state index contributed by atoms with van der Waals surface area (Å²) < 4.78 is 0. The molecule has 126 valence electrons. The number of amides is 1. The van der Waals surface area contributed by atoms with Gasteiger partial charge in [0, 0.05) is 37.0 Å². The van der Waals surface area contributed by atoms with Gasteiger partial charge in [-0.2, -0.15) is 0 Å². The zero-order valence-electron chi connectivity index (χ0n) is 13.4. The Labute approximate surface area is 143 Å². The zero-order valence-corrected chi connectivity index (χ0v) is 15.1. The summed E-state index contributed by atoms with van der Waals surface area (Å²) in [5.41, 5.74) is 6.56. The van der Waals surface area contributed by atoms with Crippen LogP contribution in [0.4, 0.5) is 0 Å². The fraction of sp³-hybridized carbons (Fsp3) is 0.733. The Morgan fingerprint density at radius 2 is 2.23 bits per heavy atom. The molecule has 1 atom stereocenters. The smallest absolute Gasteiger partial charge is 0.221 e. The molecule has 0 radical (unpaired) electrons. The van der Waals surface area contributed by atoms with E-state index < -0.39 is 0 Å². The van der Waals surface area contributed by atoms with E-state index in [9.17, 15) is 4.79 Å². The first-order valence-electron chi connectivity index (χ1n) is 7.74. The van der Waals surface area contributed by atoms with Crippen LogP contribution in [0.3, 0.4) is 0 Å². The number of nitrogens with two attached hydrogens (primary N) is 1. The van der Waals surface area contributed by atoms with Crippen molar-refractivity contribution in [2.24, 2.45) is 5.73 Å². The SMILES string of the molecule is Cc1nc(C)c(CN2CCCCC2CNC(=O)CCN)s1.Cl. The predicted octanol–water partition coefficient (Wildman–Crippen LogP) is 2.00. The third-order valence-corrected chi connectivity index (χ3v) is 5.06. The molecule has 0 bridgehead atoms. The molecule has 0 spiro atoms. The lowest BCUT2D eigenvalue weighted by Gasteiger charge is -2.35. The largest absolute Gasteiger partial charge is 0.354 e. The van der Waals surface area contributed by atoms with Gasteiger partial charge in [-0.3, -0.25) is 9.69 Å². The molecular formula is C15H27ClN4OS. The highest BCUT2D eigenvalue weighted by molar-refractivity contribution is 7.11. The van der Waals surface area contributed by atoms with Crippen LogP contribution < -0.4 is 11.1 Å². The van der Waals surface area contributed by atoms with Crippen molar-refractivity contribution < 1.29 is 4.79 Å². The van der Waals surface area contributed by atoms with Gasteiger partial charge in [-0.15, -0.1) is 23.7 Å². The topological polar surface area (TPSA) is 71.2 Å². The molecule has 1 amide bonds. The van der Waals surface area contributed by atoms with Crippen molar-refractivity contribution in [2.45, 2.75) is 52.1 Å². The molecule has 7 heteroatoms. The van der Waals surface area contributed by atoms with Crippen LogP contribution in [0.15, 0.2) is 0 Å². The molecule has 2 heterocycles. The molecule has 1 aliphatic heterocycles. The number of hydrogen-bond acceptors (Lipinski definition) is 5. The highest BCUT2D eigenvalue weighted by Gasteiger charge is 2.24. The maximum atomic E-state index is 11.6. The number of carbonyl (C=O) groups is 1. The Balaban J connectivity index is 0.00000242. The average Bonchev–Trinajstić information content (AvgIpc) is 2.76. The summed E-state index contributed by atoms with van der Waals surface area (Å²) in [7, 11) is 0. The van der Waals surface area contributed by atoms with Crippen molar-refractivity contribution in [3.63, 3.8) is 0 Å². The highest BCUT2D eigenvalue weighted by atomic mass is 35.5. The molecule has 0 saturated carbocycles. The van der Waals surface area contributed by atoms with Crippen LogP contribution in [0.1, 0.15) is 41.3 Å². The van der Waals surface area contributed by atoms with Crippen LogP contribution in [0.25, 0.3) is 0 Å². The second kappa shape index (κ2) is 9.45. The Morgan fingerprint density at radius 3 is 2.86 bits per heavy atom. The fourth-order valence-corrected chi connectivity index (χ4v) is 3.82. The molecule has 1 saturated heterocycles. The molecule has 1 aromatic rings. The molecule has 1 unspecified atom stereocenters. The van der Waals surface area contributed by atoms with E-state index in [-0.39, 0.29) is 18.3 Å². The summed E-state index contributed by atoms with van der Waals surface area (Å²) in [4.78, 5) is 19.9. The number of aromatic nitrogens is 1. The van der Waals surface area contributed by atoms with Crippen LogP contribution in [0, 0.1) is 13.8 Å². The minimum absolute atomic E-state index is 0. The van der Waals surface area contributed by atoms with Crippen molar-refractivity contribution in [1.29, 1.82) is 0 Å². The number of carbonyl (C=O) groups excluding carboxylic acids is 1. The van der Waals surface area contributed by atoms with Gasteiger partial charge in [0.1, 0.15) is 0 Å². The summed E-state index contributed by atoms with van der Waals surface area (Å²) in [6.07, 6.45) is 4.05. The van der Waals surface area contributed by atoms with E-state index in [1.807, 2.05) is 0 Å². The summed E-state index contributed by atoms with van der Waals surface area (Å²) in [6, 6.07) is 0.433. The lowest BCUT2D eigenvalue weighted by atomic mass is 10.0. The monoisotopic (exact) mass is 346 g/mol. The first kappa shape index (κ1) is 19.4. The Morgan fingerprint density at radius 1 is 1.45 bits per heavy atom. The third kappa shape index (κ3) is 5.50. The summed E-state index contributed by atoms with van der Waals surface area (Å²) >= 11 is 1.79. The van der Waals surface area contributed by atoms with Gasteiger partial charge >= 0.3 is 0 Å². The number of halogens is 1. The number of rotatable bonds is 6. The Kier molecular flexibility index (Phi) is 8.31. The van der Waals surface area contributed by atoms with Gasteiger partial charge in [0.2, 0.25) is 5.91 Å². The molecule has 1 aliphatic rings. The number of nitrogens with one attached hydrogen (secondary N) is 1. The number of aryl methyl sites for hydroxylation is 2. The molecule has 3 N–H and O–H groups in total. The zero-order chi connectivity index (χ0) is 15.2. The molecule has 0 aromatic carbocycles. The van der Waals surface area contributed by atoms with Crippen molar-refractivity contribution in [3.05, 3.63) is 15.6 Å². The maximum absolute atomic E-state index is 11.6. The molecular weight excluding hydrogens is 320 g/mol. The molecule has 0 aliphatic carbocycles. The number of likely N-dealkylation sites (tertiary alicyclic amines) is 1. The van der Waals surface area contributed by atoms with Crippen molar-refractivity contribution >= 4 is 29.7 Å². The van der Waals surface area contributed by atoms with Crippen molar-refractivity contribution in [1.82, 2.24) is 15.2 Å². The van der Waals surface area contributed by atoms with E-state index >= 15 is 0 Å². The second-order valence-corrected chi connectivity index (χ2v) is 6.99. The quantitative estimate of drug-likeness (QED) is 0.826. The standard InChI is InChI=1S/C15H26N4OS.ClH/c1-11-14(21-12(2)18-11)10-19-8-4-3-5-13(19)9-17-15(20)6-7-16;/h13H,3-10,16H2,1-2H3,(H,17,20);1H. The lowest BCUT2D eigenvalue weighted by molar-refractivity contribution is -0.121. The summed E-state index contributed by atoms with van der Waals surface area (Å²) in [5, 5.41) is 4.15. The molecule has 22 heavy (non-hydrogen) atoms. The lowest BCUT2D eigenvalue weighted by Crippen LogP contribution is -2.46. The van der Waals surface area contributed by atoms with Gasteiger partial charge in [-0.1, -0.05) is 6.42 Å².